The van der Waals surface area contributed by atoms with Crippen molar-refractivity contribution in [1.82, 2.24) is 4.98 Å². The topological polar surface area (TPSA) is 76.2 Å². The molecule has 2 N–H and O–H groups in total. The molecule has 6 fully saturated rings. The van der Waals surface area contributed by atoms with E-state index in [2.05, 4.69) is 51.4 Å². The van der Waals surface area contributed by atoms with Gasteiger partial charge in [0.2, 0.25) is 0 Å². The predicted molar refractivity (Wildman–Crippen MR) is 147 cm³/mol. The number of aromatic amines is 1. The van der Waals surface area contributed by atoms with Crippen molar-refractivity contribution in [2.45, 2.75) is 125 Å². The maximum Gasteiger partial charge on any atom is 0.127 e. The molecule has 13 atom stereocenters. The van der Waals surface area contributed by atoms with Crippen molar-refractivity contribution >= 4 is 10.9 Å². The van der Waals surface area contributed by atoms with Crippen molar-refractivity contribution in [3.63, 3.8) is 0 Å². The monoisotopic (exact) mass is 541 g/mol. The van der Waals surface area contributed by atoms with E-state index in [0.717, 1.165) is 55.2 Å². The van der Waals surface area contributed by atoms with Crippen LogP contribution < -0.4 is 0 Å². The number of rotatable bonds is 0. The van der Waals surface area contributed by atoms with Crippen molar-refractivity contribution in [2.24, 2.45) is 23.2 Å². The summed E-state index contributed by atoms with van der Waals surface area (Å²) in [5.41, 5.74) is 6.00. The zero-order valence-corrected chi connectivity index (χ0v) is 23.9. The molecular formula is C34H39NO5. The van der Waals surface area contributed by atoms with Crippen molar-refractivity contribution < 1.29 is 24.1 Å². The van der Waals surface area contributed by atoms with Crippen LogP contribution in [-0.4, -0.2) is 51.8 Å². The minimum absolute atomic E-state index is 0.0146. The van der Waals surface area contributed by atoms with Gasteiger partial charge in [0.1, 0.15) is 29.5 Å². The zero-order chi connectivity index (χ0) is 26.9. The lowest BCUT2D eigenvalue weighted by atomic mass is 9.42. The third-order valence-electron chi connectivity index (χ3n) is 14.5. The summed E-state index contributed by atoms with van der Waals surface area (Å²) in [6.45, 7) is 13.8. The molecule has 1 spiro atoms. The molecule has 9 aliphatic rings. The molecule has 0 bridgehead atoms. The first-order valence-corrected chi connectivity index (χ1v) is 15.8. The highest BCUT2D eigenvalue weighted by Gasteiger charge is 2.83. The molecule has 1 aromatic carbocycles. The Hall–Kier alpha value is -1.70. The maximum atomic E-state index is 12.3. The first-order chi connectivity index (χ1) is 19.0. The average Bonchev–Trinajstić information content (AvgIpc) is 3.46. The Kier molecular flexibility index (Phi) is 3.52. The Bertz CT molecular complexity index is 1610. The van der Waals surface area contributed by atoms with Gasteiger partial charge in [0.05, 0.1) is 23.9 Å². The normalized spacial score (nSPS) is 56.5. The van der Waals surface area contributed by atoms with E-state index >= 15 is 0 Å². The molecule has 2 aromatic rings. The lowest BCUT2D eigenvalue weighted by Gasteiger charge is -2.64. The summed E-state index contributed by atoms with van der Waals surface area (Å²) in [7, 11) is 0. The van der Waals surface area contributed by atoms with E-state index < -0.39 is 5.60 Å². The first-order valence-electron chi connectivity index (χ1n) is 15.8. The van der Waals surface area contributed by atoms with Crippen LogP contribution in [0.25, 0.3) is 10.9 Å². The minimum Gasteiger partial charge on any atom is -0.382 e. The molecular weight excluding hydrogens is 502 g/mol. The van der Waals surface area contributed by atoms with E-state index in [-0.39, 0.29) is 64.6 Å². The van der Waals surface area contributed by atoms with Crippen LogP contribution in [0.1, 0.15) is 88.3 Å². The number of H-pyrrole nitrogens is 1. The number of epoxide rings is 1. The molecule has 1 aromatic heterocycles. The average molecular weight is 542 g/mol. The van der Waals surface area contributed by atoms with Crippen LogP contribution in [0.5, 0.6) is 0 Å². The Morgan fingerprint density at radius 2 is 1.85 bits per heavy atom. The maximum absolute atomic E-state index is 12.3. The van der Waals surface area contributed by atoms with Gasteiger partial charge in [-0.05, 0) is 80.9 Å². The Balaban J connectivity index is 1.10. The van der Waals surface area contributed by atoms with Crippen LogP contribution in [0.15, 0.2) is 24.3 Å². The van der Waals surface area contributed by atoms with E-state index in [1.807, 2.05) is 0 Å². The van der Waals surface area contributed by atoms with Gasteiger partial charge >= 0.3 is 0 Å². The van der Waals surface area contributed by atoms with Crippen molar-refractivity contribution in [3.05, 3.63) is 46.7 Å². The molecule has 210 valence electrons. The van der Waals surface area contributed by atoms with Crippen molar-refractivity contribution in [1.29, 1.82) is 0 Å². The Labute approximate surface area is 234 Å². The quantitative estimate of drug-likeness (QED) is 0.358. The van der Waals surface area contributed by atoms with E-state index in [1.54, 1.807) is 0 Å². The minimum atomic E-state index is -0.944. The number of aromatic nitrogens is 1. The summed E-state index contributed by atoms with van der Waals surface area (Å²) in [5, 5.41) is 13.6. The Morgan fingerprint density at radius 1 is 1.00 bits per heavy atom. The van der Waals surface area contributed by atoms with E-state index in [0.29, 0.717) is 11.8 Å². The van der Waals surface area contributed by atoms with Crippen LogP contribution >= 0.6 is 0 Å². The molecule has 11 rings (SSSR count). The van der Waals surface area contributed by atoms with Crippen LogP contribution in [0, 0.1) is 23.2 Å². The van der Waals surface area contributed by atoms with Crippen molar-refractivity contribution in [3.8, 4) is 0 Å². The molecule has 6 heteroatoms. The summed E-state index contributed by atoms with van der Waals surface area (Å²) in [6, 6.07) is 4.48. The van der Waals surface area contributed by atoms with Gasteiger partial charge in [0.25, 0.3) is 0 Å². The lowest BCUT2D eigenvalue weighted by Crippen LogP contribution is -2.73. The smallest absolute Gasteiger partial charge is 0.127 e. The molecule has 3 saturated heterocycles. The number of benzene rings is 1. The molecule has 3 saturated carbocycles. The molecule has 0 amide bonds. The number of hydrogen-bond donors (Lipinski definition) is 2. The van der Waals surface area contributed by atoms with Crippen LogP contribution in [0.4, 0.5) is 0 Å². The highest BCUT2D eigenvalue weighted by molar-refractivity contribution is 5.93. The second-order valence-electron chi connectivity index (χ2n) is 15.9. The van der Waals surface area contributed by atoms with E-state index in [9.17, 15) is 5.11 Å². The molecule has 0 radical (unpaired) electrons. The van der Waals surface area contributed by atoms with Crippen LogP contribution in [0.2, 0.25) is 0 Å². The fraction of sp³-hybridized carbons (Fsp3) is 0.706. The number of fused-ring (bicyclic) bond motifs is 7. The van der Waals surface area contributed by atoms with E-state index in [1.165, 1.54) is 22.2 Å². The van der Waals surface area contributed by atoms with E-state index in [4.69, 9.17) is 18.9 Å². The van der Waals surface area contributed by atoms with Crippen LogP contribution in [0.3, 0.4) is 0 Å². The SMILES string of the molecule is C=C1Cc2ccc3[nH]c4c5c3c2C2(O)C(CC12)OC5C1CCC2C35OC3C3OC(C)(C)C3OC5CCC2(C)[C@@]41C. The summed E-state index contributed by atoms with van der Waals surface area (Å²) in [4.78, 5) is 3.99. The third-order valence-corrected chi connectivity index (χ3v) is 14.5. The lowest BCUT2D eigenvalue weighted by molar-refractivity contribution is -0.328. The molecule has 6 nitrogen and oxygen atoms in total. The number of aliphatic hydroxyl groups is 1. The van der Waals surface area contributed by atoms with Gasteiger partial charge in [-0.25, -0.2) is 0 Å². The second-order valence-corrected chi connectivity index (χ2v) is 15.9. The molecule has 40 heavy (non-hydrogen) atoms. The van der Waals surface area contributed by atoms with Crippen molar-refractivity contribution in [2.75, 3.05) is 0 Å². The van der Waals surface area contributed by atoms with Gasteiger partial charge < -0.3 is 29.0 Å². The number of nitrogens with one attached hydrogen (secondary N) is 1. The molecule has 5 aliphatic carbocycles. The highest BCUT2D eigenvalue weighted by atomic mass is 16.7. The molecule has 5 heterocycles. The summed E-state index contributed by atoms with van der Waals surface area (Å²) >= 11 is 0. The van der Waals surface area contributed by atoms with Gasteiger partial charge in [0.15, 0.2) is 0 Å². The Morgan fingerprint density at radius 3 is 2.67 bits per heavy atom. The molecule has 4 aliphatic heterocycles. The molecule has 12 unspecified atom stereocenters. The summed E-state index contributed by atoms with van der Waals surface area (Å²) in [6.07, 6.45) is 6.52. The zero-order valence-electron chi connectivity index (χ0n) is 23.9. The van der Waals surface area contributed by atoms with Crippen LogP contribution in [-0.2, 0) is 36.4 Å². The predicted octanol–water partition coefficient (Wildman–Crippen LogP) is 5.11. The fourth-order valence-electron chi connectivity index (χ4n) is 12.5. The highest BCUT2D eigenvalue weighted by Crippen LogP contribution is 2.77. The van der Waals surface area contributed by atoms with Gasteiger partial charge in [-0.2, -0.15) is 0 Å². The number of ether oxygens (including phenoxy) is 4. The second kappa shape index (κ2) is 6.16. The first kappa shape index (κ1) is 22.8. The van der Waals surface area contributed by atoms with Gasteiger partial charge in [0, 0.05) is 39.4 Å². The van der Waals surface area contributed by atoms with Gasteiger partial charge in [-0.15, -0.1) is 0 Å². The summed E-state index contributed by atoms with van der Waals surface area (Å²) in [5.74, 6) is 0.899. The third kappa shape index (κ3) is 1.98. The standard InChI is InChI=1S/C34H39NO5/c1-14-12-15-6-8-18-22-23-25(37-21-13-17(14)33(21,36)24(15)22)16-7-9-19-31(4,32(16,5)27(23)35-18)11-10-20-34(19)29(40-34)26-28(38-20)30(2,3)39-26/h6,8,16-17,19-21,25-26,28-29,35-36H,1,7,9-13H2,2-5H3/t16?,17?,19?,20?,21?,25?,26?,28?,29?,31?,32-,33?,34?/m1/s1. The number of hydrogen-bond acceptors (Lipinski definition) is 5. The largest absolute Gasteiger partial charge is 0.382 e. The summed E-state index contributed by atoms with van der Waals surface area (Å²) < 4.78 is 27.2. The fourth-order valence-corrected chi connectivity index (χ4v) is 12.5. The van der Waals surface area contributed by atoms with Gasteiger partial charge in [-0.1, -0.05) is 32.1 Å². The van der Waals surface area contributed by atoms with Gasteiger partial charge in [-0.3, -0.25) is 0 Å².